The number of hydrogen-bond donors (Lipinski definition) is 1. The lowest BCUT2D eigenvalue weighted by molar-refractivity contribution is 0.0698. The van der Waals surface area contributed by atoms with Gasteiger partial charge in [0.1, 0.15) is 11.5 Å². The van der Waals surface area contributed by atoms with Crippen molar-refractivity contribution in [2.75, 3.05) is 20.2 Å². The van der Waals surface area contributed by atoms with Crippen molar-refractivity contribution in [3.63, 3.8) is 0 Å². The Hall–Kier alpha value is -1.42. The van der Waals surface area contributed by atoms with Gasteiger partial charge in [0, 0.05) is 19.2 Å². The molecule has 1 amide bonds. The van der Waals surface area contributed by atoms with E-state index < -0.39 is 0 Å². The van der Waals surface area contributed by atoms with Crippen molar-refractivity contribution in [2.24, 2.45) is 5.92 Å². The molecule has 0 bridgehead atoms. The normalized spacial score (nSPS) is 23.2. The number of carbonyl (C=O) groups is 1. The molecule has 5 heteroatoms. The number of benzene rings is 1. The Bertz CT molecular complexity index is 478. The van der Waals surface area contributed by atoms with Crippen LogP contribution in [0.1, 0.15) is 23.7 Å². The van der Waals surface area contributed by atoms with Gasteiger partial charge in [0.05, 0.1) is 18.1 Å². The molecule has 1 aliphatic rings. The van der Waals surface area contributed by atoms with Gasteiger partial charge in [-0.15, -0.1) is 11.6 Å². The highest BCUT2D eigenvalue weighted by Crippen LogP contribution is 2.27. The summed E-state index contributed by atoms with van der Waals surface area (Å²) in [4.78, 5) is 14.0. The summed E-state index contributed by atoms with van der Waals surface area (Å²) in [6, 6.07) is 4.69. The summed E-state index contributed by atoms with van der Waals surface area (Å²) in [5.41, 5.74) is 0.291. The minimum Gasteiger partial charge on any atom is -0.507 e. The lowest BCUT2D eigenvalue weighted by atomic mass is 9.98. The number of ether oxygens (including phenoxy) is 1. The molecule has 1 fully saturated rings. The van der Waals surface area contributed by atoms with E-state index in [1.54, 1.807) is 17.0 Å². The molecule has 104 valence electrons. The Labute approximate surface area is 117 Å². The molecule has 1 aromatic carbocycles. The number of hydrogen-bond acceptors (Lipinski definition) is 3. The first kappa shape index (κ1) is 14.0. The minimum absolute atomic E-state index is 0.0295. The molecule has 1 aliphatic heterocycles. The molecule has 1 heterocycles. The van der Waals surface area contributed by atoms with Crippen molar-refractivity contribution >= 4 is 17.5 Å². The van der Waals surface area contributed by atoms with E-state index in [1.807, 2.05) is 0 Å². The van der Waals surface area contributed by atoms with E-state index in [1.165, 1.54) is 13.2 Å². The SMILES string of the molecule is COc1ccc(C(=O)N2CCC(C)C(Cl)C2)c(O)c1. The van der Waals surface area contributed by atoms with Crippen LogP contribution in [0.3, 0.4) is 0 Å². The van der Waals surface area contributed by atoms with E-state index >= 15 is 0 Å². The van der Waals surface area contributed by atoms with E-state index in [9.17, 15) is 9.90 Å². The first-order valence-electron chi connectivity index (χ1n) is 6.33. The predicted octanol–water partition coefficient (Wildman–Crippen LogP) is 2.49. The molecule has 1 saturated heterocycles. The topological polar surface area (TPSA) is 49.8 Å². The second kappa shape index (κ2) is 5.70. The van der Waals surface area contributed by atoms with Gasteiger partial charge in [-0.25, -0.2) is 0 Å². The van der Waals surface area contributed by atoms with Gasteiger partial charge in [-0.2, -0.15) is 0 Å². The largest absolute Gasteiger partial charge is 0.507 e. The number of phenols is 1. The van der Waals surface area contributed by atoms with E-state index in [0.29, 0.717) is 30.3 Å². The third-order valence-electron chi connectivity index (χ3n) is 3.59. The number of nitrogens with zero attached hydrogens (tertiary/aromatic N) is 1. The van der Waals surface area contributed by atoms with Crippen LogP contribution in [-0.4, -0.2) is 41.5 Å². The number of rotatable bonds is 2. The quantitative estimate of drug-likeness (QED) is 0.849. The number of methoxy groups -OCH3 is 1. The van der Waals surface area contributed by atoms with Crippen molar-refractivity contribution in [1.82, 2.24) is 4.90 Å². The monoisotopic (exact) mass is 283 g/mol. The smallest absolute Gasteiger partial charge is 0.257 e. The highest BCUT2D eigenvalue weighted by atomic mass is 35.5. The fourth-order valence-electron chi connectivity index (χ4n) is 2.20. The molecule has 0 aromatic heterocycles. The summed E-state index contributed by atoms with van der Waals surface area (Å²) < 4.78 is 5.00. The summed E-state index contributed by atoms with van der Waals surface area (Å²) in [5, 5.41) is 9.85. The van der Waals surface area contributed by atoms with Crippen LogP contribution < -0.4 is 4.74 Å². The van der Waals surface area contributed by atoms with Crippen LogP contribution >= 0.6 is 11.6 Å². The van der Waals surface area contributed by atoms with E-state index in [4.69, 9.17) is 16.3 Å². The van der Waals surface area contributed by atoms with Crippen molar-refractivity contribution in [1.29, 1.82) is 0 Å². The second-order valence-electron chi connectivity index (χ2n) is 4.92. The van der Waals surface area contributed by atoms with Gasteiger partial charge < -0.3 is 14.7 Å². The maximum Gasteiger partial charge on any atom is 0.257 e. The summed E-state index contributed by atoms with van der Waals surface area (Å²) >= 11 is 6.20. The Balaban J connectivity index is 2.16. The number of amides is 1. The number of carbonyl (C=O) groups excluding carboxylic acids is 1. The molecule has 1 N–H and O–H groups in total. The number of alkyl halides is 1. The summed E-state index contributed by atoms with van der Waals surface area (Å²) in [5.74, 6) is 0.693. The molecule has 0 spiro atoms. The molecule has 4 nitrogen and oxygen atoms in total. The van der Waals surface area contributed by atoms with E-state index in [-0.39, 0.29) is 17.0 Å². The van der Waals surface area contributed by atoms with Gasteiger partial charge in [0.2, 0.25) is 0 Å². The Morgan fingerprint density at radius 1 is 1.53 bits per heavy atom. The Kier molecular flexibility index (Phi) is 4.20. The molecular formula is C14H18ClNO3. The fourth-order valence-corrected chi connectivity index (χ4v) is 2.49. The van der Waals surface area contributed by atoms with E-state index in [2.05, 4.69) is 6.92 Å². The van der Waals surface area contributed by atoms with Gasteiger partial charge >= 0.3 is 0 Å². The zero-order valence-electron chi connectivity index (χ0n) is 11.1. The molecule has 2 unspecified atom stereocenters. The van der Waals surface area contributed by atoms with Gasteiger partial charge in [0.25, 0.3) is 5.91 Å². The first-order chi connectivity index (χ1) is 9.02. The highest BCUT2D eigenvalue weighted by Gasteiger charge is 2.29. The Morgan fingerprint density at radius 2 is 2.26 bits per heavy atom. The minimum atomic E-state index is -0.183. The average molecular weight is 284 g/mol. The Morgan fingerprint density at radius 3 is 2.84 bits per heavy atom. The molecule has 0 radical (unpaired) electrons. The van der Waals surface area contributed by atoms with Gasteiger partial charge in [0.15, 0.2) is 0 Å². The van der Waals surface area contributed by atoms with Crippen molar-refractivity contribution < 1.29 is 14.6 Å². The lowest BCUT2D eigenvalue weighted by Gasteiger charge is -2.34. The zero-order valence-corrected chi connectivity index (χ0v) is 11.9. The number of phenolic OH excluding ortho intramolecular Hbond substituents is 1. The molecular weight excluding hydrogens is 266 g/mol. The van der Waals surface area contributed by atoms with Crippen LogP contribution in [0.15, 0.2) is 18.2 Å². The number of piperidine rings is 1. The average Bonchev–Trinajstić information content (AvgIpc) is 2.41. The maximum absolute atomic E-state index is 12.3. The zero-order chi connectivity index (χ0) is 14.0. The van der Waals surface area contributed by atoms with Crippen molar-refractivity contribution in [3.05, 3.63) is 23.8 Å². The standard InChI is InChI=1S/C14H18ClNO3/c1-9-5-6-16(8-12(9)15)14(18)11-4-3-10(19-2)7-13(11)17/h3-4,7,9,12,17H,5-6,8H2,1-2H3. The third-order valence-corrected chi connectivity index (χ3v) is 4.16. The van der Waals surface area contributed by atoms with Gasteiger partial charge in [-0.1, -0.05) is 6.92 Å². The van der Waals surface area contributed by atoms with Gasteiger partial charge in [-0.05, 0) is 24.5 Å². The summed E-state index contributed by atoms with van der Waals surface area (Å²) in [7, 11) is 1.51. The molecule has 0 aliphatic carbocycles. The molecule has 2 rings (SSSR count). The van der Waals surface area contributed by atoms with Crippen LogP contribution in [-0.2, 0) is 0 Å². The van der Waals surface area contributed by atoms with Crippen LogP contribution in [0.5, 0.6) is 11.5 Å². The van der Waals surface area contributed by atoms with Crippen molar-refractivity contribution in [2.45, 2.75) is 18.7 Å². The van der Waals surface area contributed by atoms with E-state index in [0.717, 1.165) is 6.42 Å². The summed E-state index contributed by atoms with van der Waals surface area (Å²) in [6.07, 6.45) is 0.886. The molecule has 2 atom stereocenters. The lowest BCUT2D eigenvalue weighted by Crippen LogP contribution is -2.43. The van der Waals surface area contributed by atoms with Crippen LogP contribution in [0.25, 0.3) is 0 Å². The third kappa shape index (κ3) is 2.95. The fraction of sp³-hybridized carbons (Fsp3) is 0.500. The first-order valence-corrected chi connectivity index (χ1v) is 6.77. The molecule has 1 aromatic rings. The molecule has 0 saturated carbocycles. The maximum atomic E-state index is 12.3. The van der Waals surface area contributed by atoms with Crippen LogP contribution in [0.4, 0.5) is 0 Å². The molecule has 19 heavy (non-hydrogen) atoms. The number of likely N-dealkylation sites (tertiary alicyclic amines) is 1. The van der Waals surface area contributed by atoms with Crippen LogP contribution in [0.2, 0.25) is 0 Å². The van der Waals surface area contributed by atoms with Crippen molar-refractivity contribution in [3.8, 4) is 11.5 Å². The second-order valence-corrected chi connectivity index (χ2v) is 5.48. The number of halogens is 1. The highest BCUT2D eigenvalue weighted by molar-refractivity contribution is 6.21. The van der Waals surface area contributed by atoms with Crippen LogP contribution in [0, 0.1) is 5.92 Å². The summed E-state index contributed by atoms with van der Waals surface area (Å²) in [6.45, 7) is 3.28. The number of aromatic hydroxyl groups is 1. The predicted molar refractivity (Wildman–Crippen MR) is 74.0 cm³/mol. The van der Waals surface area contributed by atoms with Gasteiger partial charge in [-0.3, -0.25) is 4.79 Å².